The van der Waals surface area contributed by atoms with E-state index in [9.17, 15) is 40.8 Å². The van der Waals surface area contributed by atoms with Gasteiger partial charge in [0.05, 0.1) is 11.0 Å². The number of nitro benzene ring substituents is 1. The number of nitrogens with zero attached hydrogens (tertiary/aromatic N) is 1. The van der Waals surface area contributed by atoms with Crippen molar-refractivity contribution < 1.29 is 40.4 Å². The van der Waals surface area contributed by atoms with Gasteiger partial charge in [0.25, 0.3) is 5.69 Å². The normalized spacial score (nSPS) is 14.6. The van der Waals surface area contributed by atoms with Crippen LogP contribution in [0.5, 0.6) is 0 Å². The summed E-state index contributed by atoms with van der Waals surface area (Å²) in [5.74, 6) is -11.7. The van der Waals surface area contributed by atoms with E-state index in [-0.39, 0.29) is 5.56 Å². The van der Waals surface area contributed by atoms with Crippen LogP contribution >= 0.6 is 0 Å². The van der Waals surface area contributed by atoms with Crippen molar-refractivity contribution in [2.24, 2.45) is 0 Å². The molecule has 1 unspecified atom stereocenters. The molecule has 0 bridgehead atoms. The molecule has 0 spiro atoms. The summed E-state index contributed by atoms with van der Waals surface area (Å²) in [5, 5.41) is 10.5. The van der Waals surface area contributed by atoms with E-state index in [1.807, 2.05) is 0 Å². The highest BCUT2D eigenvalue weighted by Crippen LogP contribution is 2.50. The van der Waals surface area contributed by atoms with Crippen molar-refractivity contribution in [3.8, 4) is 0 Å². The van der Waals surface area contributed by atoms with Crippen LogP contribution < -0.4 is 0 Å². The summed E-state index contributed by atoms with van der Waals surface area (Å²) in [6, 6.07) is 3.66. The van der Waals surface area contributed by atoms with Crippen LogP contribution in [-0.2, 0) is 4.74 Å². The largest absolute Gasteiger partial charge is 0.459 e. The molecule has 0 aliphatic rings. The molecular formula is C12H10F7NO3. The van der Waals surface area contributed by atoms with Crippen LogP contribution in [0.25, 0.3) is 0 Å². The highest BCUT2D eigenvalue weighted by Gasteiger charge is 2.73. The van der Waals surface area contributed by atoms with E-state index in [4.69, 9.17) is 0 Å². The summed E-state index contributed by atoms with van der Waals surface area (Å²) in [5.41, 5.74) is -0.605. The van der Waals surface area contributed by atoms with Crippen molar-refractivity contribution in [3.05, 3.63) is 39.9 Å². The van der Waals surface area contributed by atoms with Gasteiger partial charge in [0, 0.05) is 25.7 Å². The second-order valence-electron chi connectivity index (χ2n) is 4.55. The van der Waals surface area contributed by atoms with E-state index >= 15 is 0 Å². The van der Waals surface area contributed by atoms with Gasteiger partial charge in [-0.3, -0.25) is 10.1 Å². The minimum absolute atomic E-state index is 0.198. The predicted octanol–water partition coefficient (Wildman–Crippen LogP) is 4.51. The van der Waals surface area contributed by atoms with E-state index in [2.05, 4.69) is 4.74 Å². The van der Waals surface area contributed by atoms with E-state index in [0.29, 0.717) is 0 Å². The first-order chi connectivity index (χ1) is 10.3. The Balaban J connectivity index is 3.05. The SMILES string of the molecule is COC(CC(F)(F)C(F)(F)C(F)(F)F)c1ccc([N+](=O)[O-])cc1. The van der Waals surface area contributed by atoms with Crippen LogP contribution in [0.3, 0.4) is 0 Å². The van der Waals surface area contributed by atoms with Crippen LogP contribution in [0.1, 0.15) is 18.1 Å². The molecule has 130 valence electrons. The van der Waals surface area contributed by atoms with Gasteiger partial charge in [-0.1, -0.05) is 0 Å². The zero-order valence-electron chi connectivity index (χ0n) is 11.4. The third kappa shape index (κ3) is 3.89. The molecule has 4 nitrogen and oxygen atoms in total. The summed E-state index contributed by atoms with van der Waals surface area (Å²) in [6.45, 7) is 0. The molecule has 0 aliphatic carbocycles. The first-order valence-electron chi connectivity index (χ1n) is 5.93. The number of nitro groups is 1. The minimum atomic E-state index is -6.43. The highest BCUT2D eigenvalue weighted by atomic mass is 19.4. The third-order valence-corrected chi connectivity index (χ3v) is 3.02. The summed E-state index contributed by atoms with van der Waals surface area (Å²) < 4.78 is 93.3. The molecule has 0 radical (unpaired) electrons. The Labute approximate surface area is 125 Å². The van der Waals surface area contributed by atoms with Crippen LogP contribution in [0.15, 0.2) is 24.3 Å². The number of benzene rings is 1. The first kappa shape index (κ1) is 19.1. The molecule has 1 aromatic rings. The molecule has 0 aliphatic heterocycles. The Kier molecular flexibility index (Phi) is 5.24. The lowest BCUT2D eigenvalue weighted by molar-refractivity contribution is -0.384. The van der Waals surface area contributed by atoms with Crippen molar-refractivity contribution in [1.29, 1.82) is 0 Å². The van der Waals surface area contributed by atoms with Gasteiger partial charge in [-0.25, -0.2) is 0 Å². The van der Waals surface area contributed by atoms with Gasteiger partial charge in [-0.2, -0.15) is 30.7 Å². The molecule has 11 heteroatoms. The monoisotopic (exact) mass is 349 g/mol. The number of ether oxygens (including phenoxy) is 1. The number of hydrogen-bond acceptors (Lipinski definition) is 3. The van der Waals surface area contributed by atoms with Crippen LogP contribution in [-0.4, -0.2) is 30.1 Å². The highest BCUT2D eigenvalue weighted by molar-refractivity contribution is 5.34. The van der Waals surface area contributed by atoms with Gasteiger partial charge < -0.3 is 4.74 Å². The van der Waals surface area contributed by atoms with Gasteiger partial charge >= 0.3 is 18.0 Å². The second kappa shape index (κ2) is 6.30. The van der Waals surface area contributed by atoms with Gasteiger partial charge in [0.2, 0.25) is 0 Å². The van der Waals surface area contributed by atoms with Gasteiger partial charge in [-0.15, -0.1) is 0 Å². The summed E-state index contributed by atoms with van der Waals surface area (Å²) >= 11 is 0. The molecule has 1 aromatic carbocycles. The number of methoxy groups -OCH3 is 1. The average molecular weight is 349 g/mol. The maximum absolute atomic E-state index is 13.4. The van der Waals surface area contributed by atoms with Gasteiger partial charge in [0.15, 0.2) is 0 Å². The zero-order valence-corrected chi connectivity index (χ0v) is 11.4. The summed E-state index contributed by atoms with van der Waals surface area (Å²) in [4.78, 5) is 9.66. The fraction of sp³-hybridized carbons (Fsp3) is 0.500. The summed E-state index contributed by atoms with van der Waals surface area (Å²) in [7, 11) is 0.841. The van der Waals surface area contributed by atoms with Gasteiger partial charge in [0.1, 0.15) is 0 Å². The van der Waals surface area contributed by atoms with E-state index in [0.717, 1.165) is 31.4 Å². The lowest BCUT2D eigenvalue weighted by Crippen LogP contribution is -2.52. The Morgan fingerprint density at radius 2 is 1.57 bits per heavy atom. The van der Waals surface area contributed by atoms with Crippen molar-refractivity contribution in [1.82, 2.24) is 0 Å². The van der Waals surface area contributed by atoms with Crippen molar-refractivity contribution in [2.75, 3.05) is 7.11 Å². The molecule has 0 heterocycles. The summed E-state index contributed by atoms with van der Waals surface area (Å²) in [6.07, 6.45) is -10.2. The van der Waals surface area contributed by atoms with Crippen LogP contribution in [0, 0.1) is 10.1 Å². The minimum Gasteiger partial charge on any atom is -0.377 e. The average Bonchev–Trinajstić information content (AvgIpc) is 2.43. The maximum atomic E-state index is 13.4. The molecular weight excluding hydrogens is 339 g/mol. The van der Waals surface area contributed by atoms with E-state index in [1.165, 1.54) is 0 Å². The molecule has 1 atom stereocenters. The second-order valence-corrected chi connectivity index (χ2v) is 4.55. The molecule has 0 saturated heterocycles. The maximum Gasteiger partial charge on any atom is 0.459 e. The lowest BCUT2D eigenvalue weighted by atomic mass is 9.98. The fourth-order valence-electron chi connectivity index (χ4n) is 1.72. The molecule has 0 saturated carbocycles. The smallest absolute Gasteiger partial charge is 0.377 e. The van der Waals surface area contributed by atoms with E-state index in [1.54, 1.807) is 0 Å². The molecule has 1 rings (SSSR count). The van der Waals surface area contributed by atoms with Crippen LogP contribution in [0.2, 0.25) is 0 Å². The molecule has 0 aromatic heterocycles. The lowest BCUT2D eigenvalue weighted by Gasteiger charge is -2.30. The van der Waals surface area contributed by atoms with Crippen molar-refractivity contribution >= 4 is 5.69 Å². The predicted molar refractivity (Wildman–Crippen MR) is 63.4 cm³/mol. The third-order valence-electron chi connectivity index (χ3n) is 3.02. The van der Waals surface area contributed by atoms with Crippen LogP contribution in [0.4, 0.5) is 36.4 Å². The Morgan fingerprint density at radius 3 is 1.91 bits per heavy atom. The Bertz CT molecular complexity index is 557. The van der Waals surface area contributed by atoms with E-state index < -0.39 is 41.2 Å². The van der Waals surface area contributed by atoms with Crippen molar-refractivity contribution in [3.63, 3.8) is 0 Å². The quantitative estimate of drug-likeness (QED) is 0.431. The van der Waals surface area contributed by atoms with Crippen molar-refractivity contribution in [2.45, 2.75) is 30.5 Å². The standard InChI is InChI=1S/C12H10F7NO3/c1-23-9(7-2-4-8(5-3-7)20(21)22)6-10(13,14)11(15,16)12(17,18)19/h2-5,9H,6H2,1H3. The molecule has 0 N–H and O–H groups in total. The number of rotatable bonds is 6. The number of alkyl halides is 7. The Hall–Kier alpha value is -1.91. The topological polar surface area (TPSA) is 52.4 Å². The zero-order chi connectivity index (χ0) is 18.1. The first-order valence-corrected chi connectivity index (χ1v) is 5.93. The molecule has 0 amide bonds. The molecule has 23 heavy (non-hydrogen) atoms. The molecule has 0 fully saturated rings. The Morgan fingerprint density at radius 1 is 1.09 bits per heavy atom. The number of non-ortho nitro benzene ring substituents is 1. The van der Waals surface area contributed by atoms with Gasteiger partial charge in [-0.05, 0) is 17.7 Å². The number of hydrogen-bond donors (Lipinski definition) is 0. The fourth-order valence-corrected chi connectivity index (χ4v) is 1.72. The number of halogens is 7.